The molecule has 0 radical (unpaired) electrons. The largest absolute Gasteiger partial charge is 0.481 e. The summed E-state index contributed by atoms with van der Waals surface area (Å²) in [5, 5.41) is 16.9. The average Bonchev–Trinajstić information content (AvgIpc) is 2.33. The Bertz CT molecular complexity index is 298. The lowest BCUT2D eigenvalue weighted by molar-refractivity contribution is -0.137. The zero-order valence-electron chi connectivity index (χ0n) is 6.69. The van der Waals surface area contributed by atoms with Crippen molar-refractivity contribution in [3.8, 4) is 0 Å². The summed E-state index contributed by atoms with van der Waals surface area (Å²) in [6.45, 7) is 0. The molecule has 2 N–H and O–H groups in total. The number of carbonyl (C=O) groups is 2. The molecule has 1 aromatic heterocycles. The minimum Gasteiger partial charge on any atom is -0.481 e. The lowest BCUT2D eigenvalue weighted by atomic mass is 10.3. The van der Waals surface area contributed by atoms with Gasteiger partial charge in [0.15, 0.2) is 0 Å². The first-order valence-electron chi connectivity index (χ1n) is 3.59. The van der Waals surface area contributed by atoms with Crippen LogP contribution in [-0.2, 0) is 22.4 Å². The smallest absolute Gasteiger partial charge is 0.308 e. The summed E-state index contributed by atoms with van der Waals surface area (Å²) < 4.78 is 0. The van der Waals surface area contributed by atoms with Gasteiger partial charge in [0.05, 0.1) is 12.8 Å². The van der Waals surface area contributed by atoms with Gasteiger partial charge in [-0.05, 0) is 12.1 Å². The second-order valence-corrected chi connectivity index (χ2v) is 3.76. The minimum absolute atomic E-state index is 0.0374. The molecule has 5 heteroatoms. The molecule has 0 unspecified atom stereocenters. The van der Waals surface area contributed by atoms with Gasteiger partial charge < -0.3 is 10.2 Å². The molecule has 1 aromatic rings. The average molecular weight is 200 g/mol. The monoisotopic (exact) mass is 200 g/mol. The van der Waals surface area contributed by atoms with E-state index in [0.29, 0.717) is 9.75 Å². The molecule has 0 aliphatic rings. The molecule has 1 heterocycles. The molecule has 70 valence electrons. The molecule has 0 aromatic carbocycles. The van der Waals surface area contributed by atoms with Crippen molar-refractivity contribution in [1.82, 2.24) is 0 Å². The van der Waals surface area contributed by atoms with Gasteiger partial charge in [0.1, 0.15) is 0 Å². The summed E-state index contributed by atoms with van der Waals surface area (Å²) in [6, 6.07) is 3.30. The van der Waals surface area contributed by atoms with E-state index in [2.05, 4.69) is 0 Å². The fourth-order valence-electron chi connectivity index (χ4n) is 0.910. The van der Waals surface area contributed by atoms with Gasteiger partial charge in [0.25, 0.3) is 0 Å². The van der Waals surface area contributed by atoms with Crippen LogP contribution in [0, 0.1) is 0 Å². The van der Waals surface area contributed by atoms with Gasteiger partial charge in [-0.1, -0.05) is 0 Å². The van der Waals surface area contributed by atoms with E-state index in [9.17, 15) is 9.59 Å². The Balaban J connectivity index is 2.63. The molecule has 4 nitrogen and oxygen atoms in total. The highest BCUT2D eigenvalue weighted by Crippen LogP contribution is 2.17. The summed E-state index contributed by atoms with van der Waals surface area (Å²) in [6.07, 6.45) is -0.0748. The van der Waals surface area contributed by atoms with Crippen molar-refractivity contribution in [3.05, 3.63) is 21.9 Å². The van der Waals surface area contributed by atoms with E-state index in [0.717, 1.165) is 0 Å². The Morgan fingerprint density at radius 1 is 1.08 bits per heavy atom. The highest BCUT2D eigenvalue weighted by atomic mass is 32.1. The van der Waals surface area contributed by atoms with Gasteiger partial charge in [-0.25, -0.2) is 0 Å². The maximum atomic E-state index is 10.3. The number of rotatable bonds is 4. The number of carboxylic acids is 2. The quantitative estimate of drug-likeness (QED) is 0.760. The number of hydrogen-bond acceptors (Lipinski definition) is 3. The van der Waals surface area contributed by atoms with E-state index in [1.165, 1.54) is 11.3 Å². The standard InChI is InChI=1S/C8H8O4S/c9-7(10)3-5-1-2-6(13-5)4-8(11)12/h1-2H,3-4H2,(H,9,10)(H,11,12). The molecule has 0 aliphatic heterocycles. The molecular formula is C8H8O4S. The number of carboxylic acid groups (broad SMARTS) is 2. The molecular weight excluding hydrogens is 192 g/mol. The van der Waals surface area contributed by atoms with Gasteiger partial charge in [0, 0.05) is 9.75 Å². The number of hydrogen-bond donors (Lipinski definition) is 2. The first kappa shape index (κ1) is 9.73. The molecule has 0 amide bonds. The number of thiophene rings is 1. The molecule has 0 bridgehead atoms. The van der Waals surface area contributed by atoms with Crippen LogP contribution >= 0.6 is 11.3 Å². The van der Waals surface area contributed by atoms with Gasteiger partial charge >= 0.3 is 11.9 Å². The maximum Gasteiger partial charge on any atom is 0.308 e. The van der Waals surface area contributed by atoms with E-state index >= 15 is 0 Å². The second-order valence-electron chi connectivity index (χ2n) is 2.51. The van der Waals surface area contributed by atoms with Crippen molar-refractivity contribution >= 4 is 23.3 Å². The Morgan fingerprint density at radius 2 is 1.46 bits per heavy atom. The summed E-state index contributed by atoms with van der Waals surface area (Å²) in [4.78, 5) is 21.9. The predicted octanol–water partition coefficient (Wildman–Crippen LogP) is 1.00. The first-order valence-corrected chi connectivity index (χ1v) is 4.41. The summed E-state index contributed by atoms with van der Waals surface area (Å²) in [5.74, 6) is -1.80. The lowest BCUT2D eigenvalue weighted by Gasteiger charge is -1.89. The van der Waals surface area contributed by atoms with Gasteiger partial charge in [-0.15, -0.1) is 11.3 Å². The van der Waals surface area contributed by atoms with Crippen LogP contribution in [0.5, 0.6) is 0 Å². The summed E-state index contributed by atoms with van der Waals surface area (Å²) in [7, 11) is 0. The lowest BCUT2D eigenvalue weighted by Crippen LogP contribution is -1.98. The van der Waals surface area contributed by atoms with E-state index < -0.39 is 11.9 Å². The zero-order chi connectivity index (χ0) is 9.84. The van der Waals surface area contributed by atoms with Crippen molar-refractivity contribution in [2.45, 2.75) is 12.8 Å². The van der Waals surface area contributed by atoms with Crippen LogP contribution in [0.15, 0.2) is 12.1 Å². The third-order valence-electron chi connectivity index (χ3n) is 1.37. The van der Waals surface area contributed by atoms with E-state index in [1.54, 1.807) is 12.1 Å². The van der Waals surface area contributed by atoms with Crippen molar-refractivity contribution in [2.24, 2.45) is 0 Å². The molecule has 0 atom stereocenters. The van der Waals surface area contributed by atoms with Crippen LogP contribution in [0.4, 0.5) is 0 Å². The normalized spacial score (nSPS) is 9.85. The zero-order valence-corrected chi connectivity index (χ0v) is 7.50. The van der Waals surface area contributed by atoms with Crippen LogP contribution in [0.2, 0.25) is 0 Å². The van der Waals surface area contributed by atoms with Crippen molar-refractivity contribution in [1.29, 1.82) is 0 Å². The van der Waals surface area contributed by atoms with Gasteiger partial charge in [0.2, 0.25) is 0 Å². The van der Waals surface area contributed by atoms with Crippen LogP contribution < -0.4 is 0 Å². The molecule has 0 spiro atoms. The number of aliphatic carboxylic acids is 2. The van der Waals surface area contributed by atoms with Crippen LogP contribution in [0.3, 0.4) is 0 Å². The Morgan fingerprint density at radius 3 is 1.77 bits per heavy atom. The van der Waals surface area contributed by atoms with E-state index in [-0.39, 0.29) is 12.8 Å². The van der Waals surface area contributed by atoms with Gasteiger partial charge in [-0.3, -0.25) is 9.59 Å². The van der Waals surface area contributed by atoms with Gasteiger partial charge in [-0.2, -0.15) is 0 Å². The molecule has 1 rings (SSSR count). The third kappa shape index (κ3) is 3.25. The van der Waals surface area contributed by atoms with E-state index in [1.807, 2.05) is 0 Å². The fourth-order valence-corrected chi connectivity index (χ4v) is 1.91. The Hall–Kier alpha value is -1.36. The van der Waals surface area contributed by atoms with Crippen LogP contribution in [-0.4, -0.2) is 22.2 Å². The minimum atomic E-state index is -0.899. The topological polar surface area (TPSA) is 74.6 Å². The SMILES string of the molecule is O=C(O)Cc1ccc(CC(=O)O)s1. The highest BCUT2D eigenvalue weighted by Gasteiger charge is 2.06. The first-order chi connectivity index (χ1) is 6.08. The summed E-state index contributed by atoms with van der Waals surface area (Å²) >= 11 is 1.23. The Labute approximate surface area is 78.4 Å². The fraction of sp³-hybridized carbons (Fsp3) is 0.250. The molecule has 0 saturated heterocycles. The molecule has 0 aliphatic carbocycles. The maximum absolute atomic E-state index is 10.3. The van der Waals surface area contributed by atoms with Crippen LogP contribution in [0.1, 0.15) is 9.75 Å². The van der Waals surface area contributed by atoms with Crippen molar-refractivity contribution in [2.75, 3.05) is 0 Å². The van der Waals surface area contributed by atoms with Crippen molar-refractivity contribution in [3.63, 3.8) is 0 Å². The second kappa shape index (κ2) is 4.04. The van der Waals surface area contributed by atoms with Crippen molar-refractivity contribution < 1.29 is 19.8 Å². The highest BCUT2D eigenvalue weighted by molar-refractivity contribution is 7.12. The molecule has 0 fully saturated rings. The molecule has 13 heavy (non-hydrogen) atoms. The third-order valence-corrected chi connectivity index (χ3v) is 2.45. The summed E-state index contributed by atoms with van der Waals surface area (Å²) in [5.41, 5.74) is 0. The van der Waals surface area contributed by atoms with E-state index in [4.69, 9.17) is 10.2 Å². The van der Waals surface area contributed by atoms with Crippen LogP contribution in [0.25, 0.3) is 0 Å². The molecule has 0 saturated carbocycles. The predicted molar refractivity (Wildman–Crippen MR) is 47.0 cm³/mol. The Kier molecular flexibility index (Phi) is 3.02.